The lowest BCUT2D eigenvalue weighted by molar-refractivity contribution is -0.130. The predicted octanol–water partition coefficient (Wildman–Crippen LogP) is 4.87. The normalized spacial score (nSPS) is 14.1. The summed E-state index contributed by atoms with van der Waals surface area (Å²) < 4.78 is 0. The molecule has 0 radical (unpaired) electrons. The fraction of sp³-hybridized carbons (Fsp3) is 0.276. The quantitative estimate of drug-likeness (QED) is 0.395. The monoisotopic (exact) mass is 481 g/mol. The van der Waals surface area contributed by atoms with Gasteiger partial charge in [-0.15, -0.1) is 0 Å². The number of aryl methyl sites for hydroxylation is 1. The van der Waals surface area contributed by atoms with Gasteiger partial charge in [0.15, 0.2) is 0 Å². The number of para-hydroxylation sites is 1. The van der Waals surface area contributed by atoms with E-state index in [-0.39, 0.29) is 18.4 Å². The first-order chi connectivity index (χ1) is 17.6. The number of hydrogen-bond acceptors (Lipinski definition) is 4. The zero-order valence-corrected chi connectivity index (χ0v) is 20.5. The standard InChI is InChI=1S/C29H31N5O2/c1-21-17-25(10-14-30-21)32-19-22-11-15-33(16-12-22)28(35)20-34(26-5-3-2-4-6-26)29(36)24-8-7-23-9-13-31-27(23)18-24/h2-10,13-14,17-18,22,31H,11-12,15-16,19-20H2,1H3,(H,30,32). The van der Waals surface area contributed by atoms with E-state index in [9.17, 15) is 9.59 Å². The molecule has 1 fully saturated rings. The summed E-state index contributed by atoms with van der Waals surface area (Å²) in [6, 6.07) is 21.0. The Labute approximate surface area is 211 Å². The summed E-state index contributed by atoms with van der Waals surface area (Å²) in [5, 5.41) is 4.54. The minimum atomic E-state index is -0.183. The van der Waals surface area contributed by atoms with E-state index in [0.717, 1.165) is 41.7 Å². The number of H-pyrrole nitrogens is 1. The van der Waals surface area contributed by atoms with Crippen LogP contribution in [-0.2, 0) is 4.79 Å². The van der Waals surface area contributed by atoms with E-state index < -0.39 is 0 Å². The van der Waals surface area contributed by atoms with Crippen molar-refractivity contribution in [3.05, 3.63) is 90.4 Å². The molecule has 184 valence electrons. The molecule has 3 heterocycles. The molecule has 1 saturated heterocycles. The molecule has 0 spiro atoms. The molecule has 4 aromatic rings. The number of nitrogens with zero attached hydrogens (tertiary/aromatic N) is 3. The summed E-state index contributed by atoms with van der Waals surface area (Å²) in [6.45, 7) is 4.28. The van der Waals surface area contributed by atoms with Gasteiger partial charge >= 0.3 is 0 Å². The number of pyridine rings is 1. The number of aromatic nitrogens is 2. The minimum Gasteiger partial charge on any atom is -0.385 e. The van der Waals surface area contributed by atoms with E-state index in [4.69, 9.17) is 0 Å². The van der Waals surface area contributed by atoms with Crippen molar-refractivity contribution in [2.45, 2.75) is 19.8 Å². The lowest BCUT2D eigenvalue weighted by Gasteiger charge is -2.34. The van der Waals surface area contributed by atoms with Crippen LogP contribution >= 0.6 is 0 Å². The van der Waals surface area contributed by atoms with Gasteiger partial charge in [-0.05, 0) is 73.5 Å². The number of nitrogens with one attached hydrogen (secondary N) is 2. The Bertz CT molecular complexity index is 1340. The molecule has 5 rings (SSSR count). The molecule has 2 N–H and O–H groups in total. The summed E-state index contributed by atoms with van der Waals surface area (Å²) in [5.41, 5.74) is 4.24. The van der Waals surface area contributed by atoms with Crippen LogP contribution in [0.25, 0.3) is 10.9 Å². The van der Waals surface area contributed by atoms with Crippen molar-refractivity contribution < 1.29 is 9.59 Å². The zero-order valence-electron chi connectivity index (χ0n) is 20.5. The van der Waals surface area contributed by atoms with Crippen LogP contribution in [0.3, 0.4) is 0 Å². The van der Waals surface area contributed by atoms with E-state index in [0.29, 0.717) is 30.3 Å². The van der Waals surface area contributed by atoms with Crippen molar-refractivity contribution in [1.82, 2.24) is 14.9 Å². The van der Waals surface area contributed by atoms with Gasteiger partial charge in [0.1, 0.15) is 6.54 Å². The number of amides is 2. The number of rotatable bonds is 7. The molecule has 7 heteroatoms. The Morgan fingerprint density at radius 3 is 2.64 bits per heavy atom. The molecule has 0 aliphatic carbocycles. The third kappa shape index (κ3) is 5.40. The van der Waals surface area contributed by atoms with Gasteiger partial charge in [-0.1, -0.05) is 24.3 Å². The van der Waals surface area contributed by atoms with Crippen molar-refractivity contribution in [3.8, 4) is 0 Å². The SMILES string of the molecule is Cc1cc(NCC2CCN(C(=O)CN(C(=O)c3ccc4cc[nH]c4c3)c3ccccc3)CC2)ccn1. The number of hydrogen-bond donors (Lipinski definition) is 2. The van der Waals surface area contributed by atoms with Gasteiger partial charge in [0, 0.05) is 60.2 Å². The highest BCUT2D eigenvalue weighted by Gasteiger charge is 2.27. The second-order valence-electron chi connectivity index (χ2n) is 9.40. The van der Waals surface area contributed by atoms with E-state index in [1.54, 1.807) is 4.90 Å². The van der Waals surface area contributed by atoms with E-state index in [1.807, 2.05) is 90.9 Å². The summed E-state index contributed by atoms with van der Waals surface area (Å²) in [4.78, 5) is 37.7. The maximum Gasteiger partial charge on any atom is 0.258 e. The van der Waals surface area contributed by atoms with E-state index >= 15 is 0 Å². The van der Waals surface area contributed by atoms with Crippen LogP contribution < -0.4 is 10.2 Å². The van der Waals surface area contributed by atoms with Gasteiger partial charge in [0.25, 0.3) is 5.91 Å². The number of carbonyl (C=O) groups excluding carboxylic acids is 2. The lowest BCUT2D eigenvalue weighted by atomic mass is 9.96. The predicted molar refractivity (Wildman–Crippen MR) is 143 cm³/mol. The fourth-order valence-electron chi connectivity index (χ4n) is 4.76. The molecule has 0 saturated carbocycles. The first-order valence-corrected chi connectivity index (χ1v) is 12.5. The minimum absolute atomic E-state index is 0.0187. The average Bonchev–Trinajstić information content (AvgIpc) is 3.39. The molecule has 2 amide bonds. The highest BCUT2D eigenvalue weighted by Crippen LogP contribution is 2.22. The average molecular weight is 482 g/mol. The summed E-state index contributed by atoms with van der Waals surface area (Å²) in [6.07, 6.45) is 5.54. The Hall–Kier alpha value is -4.13. The molecule has 0 atom stereocenters. The van der Waals surface area contributed by atoms with Crippen molar-refractivity contribution in [2.75, 3.05) is 36.4 Å². The van der Waals surface area contributed by atoms with E-state index in [1.165, 1.54) is 0 Å². The van der Waals surface area contributed by atoms with Crippen LogP contribution in [-0.4, -0.2) is 52.9 Å². The van der Waals surface area contributed by atoms with Gasteiger partial charge in [-0.2, -0.15) is 0 Å². The fourth-order valence-corrected chi connectivity index (χ4v) is 4.76. The molecule has 0 unspecified atom stereocenters. The summed E-state index contributed by atoms with van der Waals surface area (Å²) in [5.74, 6) is 0.295. The Morgan fingerprint density at radius 2 is 1.86 bits per heavy atom. The third-order valence-electron chi connectivity index (χ3n) is 6.87. The molecule has 1 aliphatic heterocycles. The van der Waals surface area contributed by atoms with Crippen LogP contribution in [0.5, 0.6) is 0 Å². The van der Waals surface area contributed by atoms with Crippen LogP contribution in [0.2, 0.25) is 0 Å². The van der Waals surface area contributed by atoms with Crippen molar-refractivity contribution in [2.24, 2.45) is 5.92 Å². The van der Waals surface area contributed by atoms with Crippen LogP contribution in [0.1, 0.15) is 28.9 Å². The third-order valence-corrected chi connectivity index (χ3v) is 6.87. The lowest BCUT2D eigenvalue weighted by Crippen LogP contribution is -2.46. The smallest absolute Gasteiger partial charge is 0.258 e. The first kappa shape index (κ1) is 23.6. The zero-order chi connectivity index (χ0) is 24.9. The molecule has 2 aromatic carbocycles. The molecule has 7 nitrogen and oxygen atoms in total. The molecular formula is C29H31N5O2. The maximum absolute atomic E-state index is 13.6. The molecule has 36 heavy (non-hydrogen) atoms. The molecule has 0 bridgehead atoms. The number of piperidine rings is 1. The van der Waals surface area contributed by atoms with Gasteiger partial charge in [0.2, 0.25) is 5.91 Å². The Balaban J connectivity index is 1.23. The van der Waals surface area contributed by atoms with Gasteiger partial charge in [-0.25, -0.2) is 0 Å². The molecule has 1 aliphatic rings. The second kappa shape index (κ2) is 10.6. The number of aromatic amines is 1. The van der Waals surface area contributed by atoms with Gasteiger partial charge < -0.3 is 15.2 Å². The number of anilines is 2. The maximum atomic E-state index is 13.6. The van der Waals surface area contributed by atoms with Crippen LogP contribution in [0.4, 0.5) is 11.4 Å². The van der Waals surface area contributed by atoms with Crippen molar-refractivity contribution in [3.63, 3.8) is 0 Å². The Morgan fingerprint density at radius 1 is 1.06 bits per heavy atom. The highest BCUT2D eigenvalue weighted by molar-refractivity contribution is 6.10. The van der Waals surface area contributed by atoms with Gasteiger partial charge in [0.05, 0.1) is 0 Å². The second-order valence-corrected chi connectivity index (χ2v) is 9.40. The van der Waals surface area contributed by atoms with Gasteiger partial charge in [-0.3, -0.25) is 19.5 Å². The van der Waals surface area contributed by atoms with Crippen LogP contribution in [0, 0.1) is 12.8 Å². The Kier molecular flexibility index (Phi) is 6.98. The topological polar surface area (TPSA) is 81.3 Å². The van der Waals surface area contributed by atoms with Crippen molar-refractivity contribution >= 4 is 34.1 Å². The number of benzene rings is 2. The van der Waals surface area contributed by atoms with E-state index in [2.05, 4.69) is 15.3 Å². The number of fused-ring (bicyclic) bond motifs is 1. The molecule has 2 aromatic heterocycles. The summed E-state index contributed by atoms with van der Waals surface area (Å²) in [7, 11) is 0. The summed E-state index contributed by atoms with van der Waals surface area (Å²) >= 11 is 0. The van der Waals surface area contributed by atoms with Crippen molar-refractivity contribution in [1.29, 1.82) is 0 Å². The van der Waals surface area contributed by atoms with Crippen LogP contribution in [0.15, 0.2) is 79.1 Å². The number of likely N-dealkylation sites (tertiary alicyclic amines) is 1. The highest BCUT2D eigenvalue weighted by atomic mass is 16.2. The largest absolute Gasteiger partial charge is 0.385 e. The molecular weight excluding hydrogens is 450 g/mol. The first-order valence-electron chi connectivity index (χ1n) is 12.5. The number of carbonyl (C=O) groups is 2.